The molecule has 0 saturated carbocycles. The van der Waals surface area contributed by atoms with Crippen LogP contribution < -0.4 is 4.74 Å². The third-order valence-electron chi connectivity index (χ3n) is 2.29. The monoisotopic (exact) mass is 247 g/mol. The number of carboxylic acids is 1. The van der Waals surface area contributed by atoms with Crippen molar-refractivity contribution in [2.24, 2.45) is 0 Å². The van der Waals surface area contributed by atoms with Crippen molar-refractivity contribution in [2.75, 3.05) is 0 Å². The van der Waals surface area contributed by atoms with Gasteiger partial charge in [0, 0.05) is 12.3 Å². The van der Waals surface area contributed by atoms with Gasteiger partial charge in [0.15, 0.2) is 0 Å². The molecule has 2 aromatic rings. The van der Waals surface area contributed by atoms with E-state index in [-0.39, 0.29) is 11.6 Å². The van der Waals surface area contributed by atoms with Crippen molar-refractivity contribution in [2.45, 2.75) is 6.92 Å². The number of benzene rings is 1. The summed E-state index contributed by atoms with van der Waals surface area (Å²) in [5.74, 6) is -2.06. The maximum atomic E-state index is 13.4. The molecule has 0 spiro atoms. The highest BCUT2D eigenvalue weighted by Gasteiger charge is 2.17. The minimum absolute atomic E-state index is 0.0689. The SMILES string of the molecule is Cc1ccnc(Oc2cccc(F)c2C(=O)O)c1. The summed E-state index contributed by atoms with van der Waals surface area (Å²) in [5, 5.41) is 8.94. The summed E-state index contributed by atoms with van der Waals surface area (Å²) >= 11 is 0. The number of ether oxygens (including phenoxy) is 1. The Hall–Kier alpha value is -2.43. The van der Waals surface area contributed by atoms with Crippen LogP contribution >= 0.6 is 0 Å². The summed E-state index contributed by atoms with van der Waals surface area (Å²) in [6.45, 7) is 1.85. The molecule has 0 atom stereocenters. The molecule has 0 unspecified atom stereocenters. The Labute approximate surface area is 103 Å². The minimum atomic E-state index is -1.38. The summed E-state index contributed by atoms with van der Waals surface area (Å²) in [6.07, 6.45) is 1.53. The van der Waals surface area contributed by atoms with Crippen molar-refractivity contribution in [3.05, 3.63) is 53.5 Å². The quantitative estimate of drug-likeness (QED) is 0.905. The highest BCUT2D eigenvalue weighted by molar-refractivity contribution is 5.91. The lowest BCUT2D eigenvalue weighted by molar-refractivity contribution is 0.0689. The number of aryl methyl sites for hydroxylation is 1. The van der Waals surface area contributed by atoms with Crippen LogP contribution in [0.15, 0.2) is 36.5 Å². The van der Waals surface area contributed by atoms with E-state index in [4.69, 9.17) is 9.84 Å². The van der Waals surface area contributed by atoms with Crippen molar-refractivity contribution in [3.63, 3.8) is 0 Å². The number of carboxylic acid groups (broad SMARTS) is 1. The van der Waals surface area contributed by atoms with E-state index in [2.05, 4.69) is 4.98 Å². The number of carbonyl (C=O) groups is 1. The predicted octanol–water partition coefficient (Wildman–Crippen LogP) is 3.02. The van der Waals surface area contributed by atoms with Crippen LogP contribution in [0.2, 0.25) is 0 Å². The molecule has 0 bridgehead atoms. The molecule has 1 N–H and O–H groups in total. The molecule has 1 aromatic heterocycles. The number of rotatable bonds is 3. The molecule has 0 aliphatic rings. The smallest absolute Gasteiger partial charge is 0.342 e. The van der Waals surface area contributed by atoms with E-state index in [0.29, 0.717) is 0 Å². The maximum Gasteiger partial charge on any atom is 0.342 e. The molecule has 0 amide bonds. The van der Waals surface area contributed by atoms with Crippen LogP contribution in [0.3, 0.4) is 0 Å². The first kappa shape index (κ1) is 12.0. The summed E-state index contributed by atoms with van der Waals surface area (Å²) < 4.78 is 18.7. The third-order valence-corrected chi connectivity index (χ3v) is 2.29. The molecule has 1 heterocycles. The van der Waals surface area contributed by atoms with Crippen LogP contribution in [0.5, 0.6) is 11.6 Å². The molecule has 4 nitrogen and oxygen atoms in total. The molecule has 92 valence electrons. The van der Waals surface area contributed by atoms with Gasteiger partial charge in [-0.2, -0.15) is 0 Å². The molecule has 0 radical (unpaired) electrons. The van der Waals surface area contributed by atoms with Crippen LogP contribution in [0.25, 0.3) is 0 Å². The van der Waals surface area contributed by atoms with Gasteiger partial charge in [0.1, 0.15) is 17.1 Å². The van der Waals surface area contributed by atoms with Gasteiger partial charge in [-0.25, -0.2) is 14.2 Å². The maximum absolute atomic E-state index is 13.4. The normalized spacial score (nSPS) is 10.1. The van der Waals surface area contributed by atoms with Crippen molar-refractivity contribution in [1.29, 1.82) is 0 Å². The van der Waals surface area contributed by atoms with Gasteiger partial charge < -0.3 is 9.84 Å². The number of hydrogen-bond donors (Lipinski definition) is 1. The molecule has 0 saturated heterocycles. The Balaban J connectivity index is 2.40. The topological polar surface area (TPSA) is 59.4 Å². The molecule has 18 heavy (non-hydrogen) atoms. The lowest BCUT2D eigenvalue weighted by atomic mass is 10.2. The van der Waals surface area contributed by atoms with Crippen molar-refractivity contribution in [3.8, 4) is 11.6 Å². The van der Waals surface area contributed by atoms with Crippen LogP contribution in [0, 0.1) is 12.7 Å². The van der Waals surface area contributed by atoms with E-state index in [9.17, 15) is 9.18 Å². The standard InChI is InChI=1S/C13H10FNO3/c1-8-5-6-15-11(7-8)18-10-4-2-3-9(14)12(10)13(16)17/h2-7H,1H3,(H,16,17). The van der Waals surface area contributed by atoms with Crippen molar-refractivity contribution < 1.29 is 19.0 Å². The number of hydrogen-bond acceptors (Lipinski definition) is 3. The van der Waals surface area contributed by atoms with E-state index in [0.717, 1.165) is 11.6 Å². The van der Waals surface area contributed by atoms with E-state index in [1.807, 2.05) is 6.92 Å². The fourth-order valence-corrected chi connectivity index (χ4v) is 1.47. The summed E-state index contributed by atoms with van der Waals surface area (Å²) in [4.78, 5) is 14.9. The lowest BCUT2D eigenvalue weighted by Crippen LogP contribution is -2.03. The highest BCUT2D eigenvalue weighted by atomic mass is 19.1. The van der Waals surface area contributed by atoms with E-state index >= 15 is 0 Å². The van der Waals surface area contributed by atoms with Crippen LogP contribution in [0.1, 0.15) is 15.9 Å². The van der Waals surface area contributed by atoms with Gasteiger partial charge in [-0.3, -0.25) is 0 Å². The zero-order valence-electron chi connectivity index (χ0n) is 9.55. The van der Waals surface area contributed by atoms with Crippen molar-refractivity contribution >= 4 is 5.97 Å². The molecular formula is C13H10FNO3. The Morgan fingerprint density at radius 2 is 2.17 bits per heavy atom. The second-order valence-electron chi connectivity index (χ2n) is 3.69. The molecule has 5 heteroatoms. The lowest BCUT2D eigenvalue weighted by Gasteiger charge is -2.08. The van der Waals surface area contributed by atoms with Gasteiger partial charge in [-0.15, -0.1) is 0 Å². The molecule has 0 aliphatic carbocycles. The second-order valence-corrected chi connectivity index (χ2v) is 3.69. The van der Waals surface area contributed by atoms with Gasteiger partial charge in [0.25, 0.3) is 0 Å². The molecule has 0 aliphatic heterocycles. The molecular weight excluding hydrogens is 237 g/mol. The molecule has 2 rings (SSSR count). The van der Waals surface area contributed by atoms with Gasteiger partial charge in [0.05, 0.1) is 0 Å². The molecule has 0 fully saturated rings. The summed E-state index contributed by atoms with van der Waals surface area (Å²) in [5.41, 5.74) is 0.411. The Morgan fingerprint density at radius 3 is 2.83 bits per heavy atom. The van der Waals surface area contributed by atoms with E-state index in [1.54, 1.807) is 12.1 Å². The summed E-state index contributed by atoms with van der Waals surface area (Å²) in [7, 11) is 0. The third kappa shape index (κ3) is 2.45. The number of aromatic nitrogens is 1. The zero-order chi connectivity index (χ0) is 13.1. The Morgan fingerprint density at radius 1 is 1.39 bits per heavy atom. The first-order chi connectivity index (χ1) is 8.58. The van der Waals surface area contributed by atoms with Gasteiger partial charge in [0.2, 0.25) is 5.88 Å². The fraction of sp³-hybridized carbons (Fsp3) is 0.0769. The minimum Gasteiger partial charge on any atom is -0.477 e. The van der Waals surface area contributed by atoms with E-state index in [1.165, 1.54) is 18.3 Å². The Bertz CT molecular complexity index is 599. The van der Waals surface area contributed by atoms with E-state index < -0.39 is 17.3 Å². The van der Waals surface area contributed by atoms with Crippen molar-refractivity contribution in [1.82, 2.24) is 4.98 Å². The average molecular weight is 247 g/mol. The van der Waals surface area contributed by atoms with Crippen LogP contribution in [-0.4, -0.2) is 16.1 Å². The fourth-order valence-electron chi connectivity index (χ4n) is 1.47. The number of aromatic carboxylic acids is 1. The average Bonchev–Trinajstić information content (AvgIpc) is 2.28. The second kappa shape index (κ2) is 4.83. The molecule has 1 aromatic carbocycles. The summed E-state index contributed by atoms with van der Waals surface area (Å²) in [6, 6.07) is 7.25. The number of pyridine rings is 1. The number of halogens is 1. The van der Waals surface area contributed by atoms with Crippen LogP contribution in [0.4, 0.5) is 4.39 Å². The highest BCUT2D eigenvalue weighted by Crippen LogP contribution is 2.26. The van der Waals surface area contributed by atoms with Crippen LogP contribution in [-0.2, 0) is 0 Å². The Kier molecular flexibility index (Phi) is 3.23. The largest absolute Gasteiger partial charge is 0.477 e. The first-order valence-electron chi connectivity index (χ1n) is 5.20. The van der Waals surface area contributed by atoms with Gasteiger partial charge in [-0.1, -0.05) is 6.07 Å². The van der Waals surface area contributed by atoms with Gasteiger partial charge in [-0.05, 0) is 30.7 Å². The zero-order valence-corrected chi connectivity index (χ0v) is 9.55. The van der Waals surface area contributed by atoms with Gasteiger partial charge >= 0.3 is 5.97 Å². The first-order valence-corrected chi connectivity index (χ1v) is 5.20. The number of nitrogens with zero attached hydrogens (tertiary/aromatic N) is 1. The predicted molar refractivity (Wildman–Crippen MR) is 62.4 cm³/mol.